The Morgan fingerprint density at radius 1 is 1.24 bits per heavy atom. The maximum absolute atomic E-state index is 6.03. The number of ether oxygens (including phenoxy) is 1. The van der Waals surface area contributed by atoms with Gasteiger partial charge in [-0.1, -0.05) is 0 Å². The van der Waals surface area contributed by atoms with Gasteiger partial charge >= 0.3 is 7.12 Å². The zero-order chi connectivity index (χ0) is 15.5. The predicted molar refractivity (Wildman–Crippen MR) is 84.0 cm³/mol. The van der Waals surface area contributed by atoms with Crippen LogP contribution in [0.2, 0.25) is 0 Å². The van der Waals surface area contributed by atoms with Crippen LogP contribution in [0.5, 0.6) is 5.88 Å². The van der Waals surface area contributed by atoms with Crippen molar-refractivity contribution in [2.24, 2.45) is 0 Å². The fourth-order valence-electron chi connectivity index (χ4n) is 2.06. The Bertz CT molecular complexity index is 464. The molecule has 0 amide bonds. The molecule has 21 heavy (non-hydrogen) atoms. The van der Waals surface area contributed by atoms with E-state index in [1.165, 1.54) is 0 Å². The first-order valence-electron chi connectivity index (χ1n) is 7.45. The van der Waals surface area contributed by atoms with Gasteiger partial charge in [-0.3, -0.25) is 0 Å². The zero-order valence-corrected chi connectivity index (χ0v) is 13.6. The zero-order valence-electron chi connectivity index (χ0n) is 13.6. The highest BCUT2D eigenvalue weighted by Crippen LogP contribution is 2.36. The van der Waals surface area contributed by atoms with Gasteiger partial charge in [0.05, 0.1) is 17.8 Å². The van der Waals surface area contributed by atoms with Crippen molar-refractivity contribution in [1.82, 2.24) is 10.3 Å². The van der Waals surface area contributed by atoms with Gasteiger partial charge in [0.15, 0.2) is 0 Å². The van der Waals surface area contributed by atoms with Crippen molar-refractivity contribution < 1.29 is 14.0 Å². The standard InChI is InChI=1S/C15H25BN2O3/c1-14(2)15(3,4)21-16(20-14)12-7-9-18-13(11-12)19-10-6-8-17-5/h7,9,11,17H,6,8,10H2,1-5H3. The third-order valence-corrected chi connectivity index (χ3v) is 4.11. The highest BCUT2D eigenvalue weighted by molar-refractivity contribution is 6.62. The van der Waals surface area contributed by atoms with Crippen LogP contribution in [0.25, 0.3) is 0 Å². The molecule has 0 radical (unpaired) electrons. The summed E-state index contributed by atoms with van der Waals surface area (Å²) in [5, 5.41) is 3.09. The summed E-state index contributed by atoms with van der Waals surface area (Å²) in [6, 6.07) is 3.80. The summed E-state index contributed by atoms with van der Waals surface area (Å²) in [5.41, 5.74) is 0.260. The maximum Gasteiger partial charge on any atom is 0.495 e. The molecular weight excluding hydrogens is 267 g/mol. The lowest BCUT2D eigenvalue weighted by molar-refractivity contribution is 0.00578. The Balaban J connectivity index is 2.02. The van der Waals surface area contributed by atoms with Crippen molar-refractivity contribution in [3.8, 4) is 5.88 Å². The average Bonchev–Trinajstić information content (AvgIpc) is 2.64. The van der Waals surface area contributed by atoms with Gasteiger partial charge in [0.2, 0.25) is 5.88 Å². The monoisotopic (exact) mass is 292 g/mol. The molecule has 1 N–H and O–H groups in total. The summed E-state index contributed by atoms with van der Waals surface area (Å²) in [6.07, 6.45) is 2.67. The number of rotatable bonds is 6. The van der Waals surface area contributed by atoms with E-state index in [1.807, 2.05) is 46.9 Å². The predicted octanol–water partition coefficient (Wildman–Crippen LogP) is 1.37. The summed E-state index contributed by atoms with van der Waals surface area (Å²) in [6.45, 7) is 9.75. The summed E-state index contributed by atoms with van der Waals surface area (Å²) in [4.78, 5) is 4.23. The Labute approximate surface area is 127 Å². The van der Waals surface area contributed by atoms with Gasteiger partial charge in [-0.05, 0) is 59.2 Å². The van der Waals surface area contributed by atoms with Gasteiger partial charge in [0.25, 0.3) is 0 Å². The number of nitrogens with zero attached hydrogens (tertiary/aromatic N) is 1. The Kier molecular flexibility index (Phi) is 4.91. The molecule has 0 unspecified atom stereocenters. The van der Waals surface area contributed by atoms with E-state index in [9.17, 15) is 0 Å². The average molecular weight is 292 g/mol. The van der Waals surface area contributed by atoms with E-state index in [0.717, 1.165) is 18.4 Å². The number of hydrogen-bond acceptors (Lipinski definition) is 5. The molecule has 1 saturated heterocycles. The largest absolute Gasteiger partial charge is 0.495 e. The Morgan fingerprint density at radius 3 is 2.52 bits per heavy atom. The van der Waals surface area contributed by atoms with Crippen LogP contribution < -0.4 is 15.5 Å². The van der Waals surface area contributed by atoms with Gasteiger partial charge < -0.3 is 19.4 Å². The van der Waals surface area contributed by atoms with E-state index >= 15 is 0 Å². The van der Waals surface area contributed by atoms with Crippen LogP contribution >= 0.6 is 0 Å². The highest BCUT2D eigenvalue weighted by atomic mass is 16.7. The lowest BCUT2D eigenvalue weighted by Crippen LogP contribution is -2.41. The Morgan fingerprint density at radius 2 is 1.90 bits per heavy atom. The molecule has 0 atom stereocenters. The minimum Gasteiger partial charge on any atom is -0.478 e. The molecule has 0 bridgehead atoms. The van der Waals surface area contributed by atoms with E-state index in [0.29, 0.717) is 12.5 Å². The molecule has 2 heterocycles. The van der Waals surface area contributed by atoms with Crippen LogP contribution in [0.4, 0.5) is 0 Å². The molecule has 2 rings (SSSR count). The molecule has 0 aromatic carbocycles. The Hall–Kier alpha value is -1.11. The fraction of sp³-hybridized carbons (Fsp3) is 0.667. The smallest absolute Gasteiger partial charge is 0.478 e. The van der Waals surface area contributed by atoms with E-state index in [4.69, 9.17) is 14.0 Å². The van der Waals surface area contributed by atoms with Gasteiger partial charge in [0.1, 0.15) is 0 Å². The minimum atomic E-state index is -0.377. The lowest BCUT2D eigenvalue weighted by atomic mass is 9.80. The second-order valence-electron chi connectivity index (χ2n) is 6.32. The van der Waals surface area contributed by atoms with E-state index in [2.05, 4.69) is 10.3 Å². The normalized spacial score (nSPS) is 19.8. The molecule has 0 saturated carbocycles. The molecule has 5 nitrogen and oxygen atoms in total. The van der Waals surface area contributed by atoms with Crippen LogP contribution in [0.3, 0.4) is 0 Å². The van der Waals surface area contributed by atoms with Crippen LogP contribution in [0.1, 0.15) is 34.1 Å². The highest BCUT2D eigenvalue weighted by Gasteiger charge is 2.51. The molecule has 6 heteroatoms. The summed E-state index contributed by atoms with van der Waals surface area (Å²) < 4.78 is 17.7. The molecule has 1 aliphatic rings. The summed E-state index contributed by atoms with van der Waals surface area (Å²) >= 11 is 0. The first kappa shape index (κ1) is 16.3. The molecule has 1 aromatic heterocycles. The van der Waals surface area contributed by atoms with E-state index in [-0.39, 0.29) is 18.3 Å². The molecule has 1 aromatic rings. The summed E-state index contributed by atoms with van der Waals surface area (Å²) in [7, 11) is 1.55. The maximum atomic E-state index is 6.03. The number of aromatic nitrogens is 1. The van der Waals surface area contributed by atoms with Crippen LogP contribution in [0.15, 0.2) is 18.3 Å². The minimum absolute atomic E-state index is 0.339. The lowest BCUT2D eigenvalue weighted by Gasteiger charge is -2.32. The SMILES string of the molecule is CNCCCOc1cc(B2OC(C)(C)C(C)(C)O2)ccn1. The summed E-state index contributed by atoms with van der Waals surface area (Å²) in [5.74, 6) is 0.610. The number of hydrogen-bond donors (Lipinski definition) is 1. The van der Waals surface area contributed by atoms with Crippen molar-refractivity contribution in [2.45, 2.75) is 45.3 Å². The molecule has 1 fully saturated rings. The van der Waals surface area contributed by atoms with Crippen molar-refractivity contribution in [1.29, 1.82) is 0 Å². The van der Waals surface area contributed by atoms with E-state index < -0.39 is 0 Å². The molecular formula is C15H25BN2O3. The van der Waals surface area contributed by atoms with Crippen molar-refractivity contribution >= 4 is 12.6 Å². The first-order valence-corrected chi connectivity index (χ1v) is 7.45. The molecule has 116 valence electrons. The molecule has 0 aliphatic carbocycles. The third kappa shape index (κ3) is 3.76. The second-order valence-corrected chi connectivity index (χ2v) is 6.32. The van der Waals surface area contributed by atoms with Gasteiger partial charge in [-0.25, -0.2) is 4.98 Å². The van der Waals surface area contributed by atoms with Crippen molar-refractivity contribution in [3.63, 3.8) is 0 Å². The number of pyridine rings is 1. The van der Waals surface area contributed by atoms with Gasteiger partial charge in [-0.2, -0.15) is 0 Å². The molecule has 0 spiro atoms. The van der Waals surface area contributed by atoms with Crippen LogP contribution in [0, 0.1) is 0 Å². The van der Waals surface area contributed by atoms with Crippen LogP contribution in [-0.4, -0.2) is 43.5 Å². The third-order valence-electron chi connectivity index (χ3n) is 4.11. The fourth-order valence-corrected chi connectivity index (χ4v) is 2.06. The quantitative estimate of drug-likeness (QED) is 0.634. The molecule has 1 aliphatic heterocycles. The van der Waals surface area contributed by atoms with Gasteiger partial charge in [0, 0.05) is 12.3 Å². The van der Waals surface area contributed by atoms with Crippen molar-refractivity contribution in [3.05, 3.63) is 18.3 Å². The van der Waals surface area contributed by atoms with E-state index in [1.54, 1.807) is 6.20 Å². The van der Waals surface area contributed by atoms with Crippen LogP contribution in [-0.2, 0) is 9.31 Å². The topological polar surface area (TPSA) is 52.6 Å². The second kappa shape index (κ2) is 6.34. The van der Waals surface area contributed by atoms with Gasteiger partial charge in [-0.15, -0.1) is 0 Å². The number of nitrogens with one attached hydrogen (secondary N) is 1. The first-order chi connectivity index (χ1) is 9.86. The van der Waals surface area contributed by atoms with Crippen molar-refractivity contribution in [2.75, 3.05) is 20.2 Å².